The minimum absolute atomic E-state index is 0.293. The number of nitrogens with one attached hydrogen (secondary N) is 2. The minimum atomic E-state index is -0.787. The van der Waals surface area contributed by atoms with Crippen molar-refractivity contribution >= 4 is 40.7 Å². The van der Waals surface area contributed by atoms with Gasteiger partial charge in [0.2, 0.25) is 0 Å². The summed E-state index contributed by atoms with van der Waals surface area (Å²) >= 11 is 11.8. The average Bonchev–Trinajstić information content (AvgIpc) is 2.70. The van der Waals surface area contributed by atoms with Crippen molar-refractivity contribution in [2.24, 2.45) is 0 Å². The van der Waals surface area contributed by atoms with E-state index in [0.29, 0.717) is 15.7 Å². The van der Waals surface area contributed by atoms with Gasteiger partial charge < -0.3 is 10.6 Å². The molecule has 3 aromatic carbocycles. The van der Waals surface area contributed by atoms with Crippen LogP contribution in [0.15, 0.2) is 78.9 Å². The van der Waals surface area contributed by atoms with Gasteiger partial charge in [0, 0.05) is 5.69 Å². The first-order valence-electron chi connectivity index (χ1n) is 8.21. The molecule has 0 aliphatic rings. The van der Waals surface area contributed by atoms with Gasteiger partial charge in [-0.05, 0) is 29.3 Å². The Morgan fingerprint density at radius 2 is 1.26 bits per heavy atom. The van der Waals surface area contributed by atoms with Crippen LogP contribution in [0.5, 0.6) is 0 Å². The maximum atomic E-state index is 12.5. The van der Waals surface area contributed by atoms with Crippen LogP contribution >= 0.6 is 23.2 Å². The number of halogens is 2. The topological polar surface area (TPSA) is 58.2 Å². The third kappa shape index (κ3) is 4.88. The summed E-state index contributed by atoms with van der Waals surface area (Å²) in [5.41, 5.74) is 2.14. The van der Waals surface area contributed by atoms with E-state index in [4.69, 9.17) is 23.2 Å². The number of hydrogen-bond donors (Lipinski definition) is 2. The molecule has 0 fully saturated rings. The van der Waals surface area contributed by atoms with Gasteiger partial charge >= 0.3 is 11.8 Å². The SMILES string of the molecule is O=C(Nc1ccc(Cl)c(Cl)c1)C(=O)NC(c1ccccc1)c1ccccc1. The van der Waals surface area contributed by atoms with Gasteiger partial charge in [-0.15, -0.1) is 0 Å². The fourth-order valence-electron chi connectivity index (χ4n) is 2.61. The highest BCUT2D eigenvalue weighted by Crippen LogP contribution is 2.25. The van der Waals surface area contributed by atoms with Crippen LogP contribution in [0.1, 0.15) is 17.2 Å². The van der Waals surface area contributed by atoms with E-state index in [-0.39, 0.29) is 0 Å². The van der Waals surface area contributed by atoms with Crippen molar-refractivity contribution < 1.29 is 9.59 Å². The molecule has 136 valence electrons. The molecule has 0 bridgehead atoms. The fourth-order valence-corrected chi connectivity index (χ4v) is 2.91. The van der Waals surface area contributed by atoms with E-state index >= 15 is 0 Å². The summed E-state index contributed by atoms with van der Waals surface area (Å²) in [6.45, 7) is 0. The van der Waals surface area contributed by atoms with Gasteiger partial charge in [0.15, 0.2) is 0 Å². The first kappa shape index (κ1) is 19.0. The summed E-state index contributed by atoms with van der Waals surface area (Å²) < 4.78 is 0. The molecule has 0 aliphatic heterocycles. The molecule has 0 aliphatic carbocycles. The second-order valence-corrected chi connectivity index (χ2v) is 6.63. The summed E-state index contributed by atoms with van der Waals surface area (Å²) in [5, 5.41) is 5.97. The van der Waals surface area contributed by atoms with Crippen LogP contribution in [0.25, 0.3) is 0 Å². The Balaban J connectivity index is 1.78. The molecule has 3 aromatic rings. The summed E-state index contributed by atoms with van der Waals surface area (Å²) in [7, 11) is 0. The van der Waals surface area contributed by atoms with E-state index in [2.05, 4.69) is 10.6 Å². The number of hydrogen-bond acceptors (Lipinski definition) is 2. The maximum absolute atomic E-state index is 12.5. The van der Waals surface area contributed by atoms with Gasteiger partial charge in [-0.2, -0.15) is 0 Å². The lowest BCUT2D eigenvalue weighted by Gasteiger charge is -2.19. The van der Waals surface area contributed by atoms with E-state index in [1.54, 1.807) is 12.1 Å². The van der Waals surface area contributed by atoms with Crippen molar-refractivity contribution in [3.8, 4) is 0 Å². The molecule has 2 amide bonds. The smallest absolute Gasteiger partial charge is 0.313 e. The van der Waals surface area contributed by atoms with Crippen molar-refractivity contribution in [1.29, 1.82) is 0 Å². The molecule has 27 heavy (non-hydrogen) atoms. The second-order valence-electron chi connectivity index (χ2n) is 5.81. The Kier molecular flexibility index (Phi) is 6.12. The van der Waals surface area contributed by atoms with Gasteiger partial charge in [0.25, 0.3) is 0 Å². The molecule has 3 rings (SSSR count). The van der Waals surface area contributed by atoms with Crippen LogP contribution in [-0.2, 0) is 9.59 Å². The van der Waals surface area contributed by atoms with Crippen molar-refractivity contribution in [3.05, 3.63) is 100 Å². The van der Waals surface area contributed by atoms with Crippen molar-refractivity contribution in [2.75, 3.05) is 5.32 Å². The van der Waals surface area contributed by atoms with Crippen LogP contribution in [0.3, 0.4) is 0 Å². The molecule has 4 nitrogen and oxygen atoms in total. The molecule has 0 heterocycles. The van der Waals surface area contributed by atoms with Crippen molar-refractivity contribution in [2.45, 2.75) is 6.04 Å². The summed E-state index contributed by atoms with van der Waals surface area (Å²) in [4.78, 5) is 24.8. The monoisotopic (exact) mass is 398 g/mol. The lowest BCUT2D eigenvalue weighted by Crippen LogP contribution is -2.38. The van der Waals surface area contributed by atoms with E-state index in [1.807, 2.05) is 60.7 Å². The van der Waals surface area contributed by atoms with Gasteiger partial charge in [0.05, 0.1) is 16.1 Å². The lowest BCUT2D eigenvalue weighted by molar-refractivity contribution is -0.136. The van der Waals surface area contributed by atoms with E-state index in [0.717, 1.165) is 11.1 Å². The molecule has 0 aromatic heterocycles. The standard InChI is InChI=1S/C21H16Cl2N2O2/c22-17-12-11-16(13-18(17)23)24-20(26)21(27)25-19(14-7-3-1-4-8-14)15-9-5-2-6-10-15/h1-13,19H,(H,24,26)(H,25,27). The van der Waals surface area contributed by atoms with Crippen LogP contribution < -0.4 is 10.6 Å². The summed E-state index contributed by atoms with van der Waals surface area (Å²) in [6, 6.07) is 23.1. The van der Waals surface area contributed by atoms with Gasteiger partial charge in [0.1, 0.15) is 0 Å². The normalized spacial score (nSPS) is 10.5. The Morgan fingerprint density at radius 3 is 1.78 bits per heavy atom. The van der Waals surface area contributed by atoms with Crippen LogP contribution in [0.2, 0.25) is 10.0 Å². The number of benzene rings is 3. The minimum Gasteiger partial charge on any atom is -0.337 e. The van der Waals surface area contributed by atoms with Gasteiger partial charge in [-0.1, -0.05) is 83.9 Å². The first-order valence-corrected chi connectivity index (χ1v) is 8.97. The molecule has 0 atom stereocenters. The first-order chi connectivity index (χ1) is 13.0. The van der Waals surface area contributed by atoms with Crippen molar-refractivity contribution in [3.63, 3.8) is 0 Å². The zero-order valence-corrected chi connectivity index (χ0v) is 15.7. The average molecular weight is 399 g/mol. The van der Waals surface area contributed by atoms with Gasteiger partial charge in [-0.25, -0.2) is 0 Å². The molecule has 0 saturated heterocycles. The summed E-state index contributed by atoms with van der Waals surface area (Å²) in [6.07, 6.45) is 0. The zero-order chi connectivity index (χ0) is 19.2. The van der Waals surface area contributed by atoms with Gasteiger partial charge in [-0.3, -0.25) is 9.59 Å². The summed E-state index contributed by atoms with van der Waals surface area (Å²) in [5.74, 6) is -1.54. The highest BCUT2D eigenvalue weighted by Gasteiger charge is 2.21. The molecule has 0 spiro atoms. The fraction of sp³-hybridized carbons (Fsp3) is 0.0476. The molecule has 6 heteroatoms. The quantitative estimate of drug-likeness (QED) is 0.617. The lowest BCUT2D eigenvalue weighted by atomic mass is 9.99. The third-order valence-electron chi connectivity index (χ3n) is 3.92. The Hall–Kier alpha value is -2.82. The number of anilines is 1. The molecule has 2 N–H and O–H groups in total. The predicted octanol–water partition coefficient (Wildman–Crippen LogP) is 4.84. The molecular weight excluding hydrogens is 383 g/mol. The van der Waals surface area contributed by atoms with Crippen LogP contribution in [0.4, 0.5) is 5.69 Å². The zero-order valence-electron chi connectivity index (χ0n) is 14.2. The Labute approximate surface area is 167 Å². The number of rotatable bonds is 4. The second kappa shape index (κ2) is 8.71. The predicted molar refractivity (Wildman–Crippen MR) is 108 cm³/mol. The number of carbonyl (C=O) groups is 2. The van der Waals surface area contributed by atoms with E-state index < -0.39 is 17.9 Å². The van der Waals surface area contributed by atoms with Crippen LogP contribution in [-0.4, -0.2) is 11.8 Å². The van der Waals surface area contributed by atoms with E-state index in [9.17, 15) is 9.59 Å². The Morgan fingerprint density at radius 1 is 0.704 bits per heavy atom. The highest BCUT2D eigenvalue weighted by molar-refractivity contribution is 6.43. The van der Waals surface area contributed by atoms with Crippen molar-refractivity contribution in [1.82, 2.24) is 5.32 Å². The highest BCUT2D eigenvalue weighted by atomic mass is 35.5. The van der Waals surface area contributed by atoms with E-state index in [1.165, 1.54) is 6.07 Å². The largest absolute Gasteiger partial charge is 0.337 e. The molecule has 0 radical (unpaired) electrons. The number of amides is 2. The molecule has 0 saturated carbocycles. The third-order valence-corrected chi connectivity index (χ3v) is 4.66. The maximum Gasteiger partial charge on any atom is 0.313 e. The Bertz CT molecular complexity index is 907. The molecular formula is C21H16Cl2N2O2. The molecule has 0 unspecified atom stereocenters. The number of carbonyl (C=O) groups excluding carboxylic acids is 2. The van der Waals surface area contributed by atoms with Crippen LogP contribution in [0, 0.1) is 0 Å².